The molecule has 2 aliphatic rings. The van der Waals surface area contributed by atoms with Crippen molar-refractivity contribution in [2.24, 2.45) is 11.8 Å². The number of rotatable bonds is 5. The molecule has 3 heterocycles. The van der Waals surface area contributed by atoms with Crippen molar-refractivity contribution in [1.29, 1.82) is 5.26 Å². The van der Waals surface area contributed by atoms with Crippen LogP contribution < -0.4 is 9.64 Å². The van der Waals surface area contributed by atoms with Crippen molar-refractivity contribution in [2.45, 2.75) is 32.1 Å². The van der Waals surface area contributed by atoms with Crippen LogP contribution in [0.15, 0.2) is 54.7 Å². The summed E-state index contributed by atoms with van der Waals surface area (Å²) in [6.07, 6.45) is 6.53. The fourth-order valence-electron chi connectivity index (χ4n) is 5.62. The number of likely N-dealkylation sites (tertiary alicyclic amines) is 1. The molecule has 2 saturated heterocycles. The van der Waals surface area contributed by atoms with Gasteiger partial charge in [0, 0.05) is 43.7 Å². The first-order valence-electron chi connectivity index (χ1n) is 12.6. The minimum Gasteiger partial charge on any atom is -0.497 e. The maximum absolute atomic E-state index is 13.3. The van der Waals surface area contributed by atoms with E-state index in [2.05, 4.69) is 51.2 Å². The van der Waals surface area contributed by atoms with Crippen LogP contribution in [0.25, 0.3) is 10.9 Å². The molecule has 1 amide bonds. The third-order valence-electron chi connectivity index (χ3n) is 7.62. The Balaban J connectivity index is 1.21. The molecule has 2 aromatic carbocycles. The first-order valence-corrected chi connectivity index (χ1v) is 12.6. The number of carbonyl (C=O) groups is 1. The second-order valence-electron chi connectivity index (χ2n) is 9.74. The second-order valence-corrected chi connectivity index (χ2v) is 9.74. The lowest BCUT2D eigenvalue weighted by molar-refractivity contribution is -0.137. The number of hydrogen-bond acceptors (Lipinski definition) is 5. The summed E-state index contributed by atoms with van der Waals surface area (Å²) in [6, 6.07) is 18.7. The van der Waals surface area contributed by atoms with Crippen molar-refractivity contribution in [3.63, 3.8) is 0 Å². The molecule has 6 heteroatoms. The van der Waals surface area contributed by atoms with Gasteiger partial charge in [-0.05, 0) is 61.8 Å². The SMILES string of the molecule is COc1ccc2ncc(C#N)c(N3CCC(C(=O)N4CCC(Cc5ccccc5)CC4)CC3)c2c1. The molecule has 35 heavy (non-hydrogen) atoms. The molecule has 0 N–H and O–H groups in total. The van der Waals surface area contributed by atoms with Crippen LogP contribution in [0.5, 0.6) is 5.75 Å². The van der Waals surface area contributed by atoms with Gasteiger partial charge in [-0.25, -0.2) is 0 Å². The number of fused-ring (bicyclic) bond motifs is 1. The molecule has 5 rings (SSSR count). The highest BCUT2D eigenvalue weighted by Crippen LogP contribution is 2.35. The number of ether oxygens (including phenoxy) is 1. The van der Waals surface area contributed by atoms with Crippen molar-refractivity contribution >= 4 is 22.5 Å². The fraction of sp³-hybridized carbons (Fsp3) is 0.414. The van der Waals surface area contributed by atoms with Crippen molar-refractivity contribution < 1.29 is 9.53 Å². The number of aromatic nitrogens is 1. The Morgan fingerprint density at radius 2 is 1.80 bits per heavy atom. The van der Waals surface area contributed by atoms with Gasteiger partial charge in [0.15, 0.2) is 0 Å². The number of methoxy groups -OCH3 is 1. The van der Waals surface area contributed by atoms with Gasteiger partial charge in [-0.2, -0.15) is 5.26 Å². The van der Waals surface area contributed by atoms with E-state index in [4.69, 9.17) is 4.74 Å². The summed E-state index contributed by atoms with van der Waals surface area (Å²) in [5.41, 5.74) is 3.71. The Hall–Kier alpha value is -3.59. The number of hydrogen-bond donors (Lipinski definition) is 0. The van der Waals surface area contributed by atoms with E-state index >= 15 is 0 Å². The highest BCUT2D eigenvalue weighted by atomic mass is 16.5. The predicted molar refractivity (Wildman–Crippen MR) is 137 cm³/mol. The zero-order valence-electron chi connectivity index (χ0n) is 20.3. The maximum Gasteiger partial charge on any atom is 0.225 e. The number of nitrogens with zero attached hydrogens (tertiary/aromatic N) is 4. The quantitative estimate of drug-likeness (QED) is 0.537. The molecule has 180 valence electrons. The highest BCUT2D eigenvalue weighted by molar-refractivity contribution is 5.95. The van der Waals surface area contributed by atoms with Crippen LogP contribution in [0.4, 0.5) is 5.69 Å². The van der Waals surface area contributed by atoms with Gasteiger partial charge in [-0.1, -0.05) is 30.3 Å². The second kappa shape index (κ2) is 10.4. The van der Waals surface area contributed by atoms with Crippen LogP contribution in [0, 0.1) is 23.2 Å². The van der Waals surface area contributed by atoms with Crippen LogP contribution in [-0.2, 0) is 11.2 Å². The summed E-state index contributed by atoms with van der Waals surface area (Å²) in [4.78, 5) is 22.1. The van der Waals surface area contributed by atoms with E-state index in [1.54, 1.807) is 13.3 Å². The smallest absolute Gasteiger partial charge is 0.225 e. The van der Waals surface area contributed by atoms with E-state index in [1.807, 2.05) is 18.2 Å². The number of nitriles is 1. The van der Waals surface area contributed by atoms with Crippen LogP contribution in [0.2, 0.25) is 0 Å². The summed E-state index contributed by atoms with van der Waals surface area (Å²) in [6.45, 7) is 3.24. The zero-order valence-corrected chi connectivity index (χ0v) is 20.3. The van der Waals surface area contributed by atoms with Crippen molar-refractivity contribution in [3.05, 3.63) is 65.9 Å². The maximum atomic E-state index is 13.3. The molecule has 2 fully saturated rings. The van der Waals surface area contributed by atoms with E-state index in [-0.39, 0.29) is 5.92 Å². The molecule has 1 aromatic heterocycles. The molecule has 6 nitrogen and oxygen atoms in total. The zero-order chi connectivity index (χ0) is 24.2. The van der Waals surface area contributed by atoms with Gasteiger partial charge >= 0.3 is 0 Å². The first kappa shape index (κ1) is 23.2. The summed E-state index contributed by atoms with van der Waals surface area (Å²) < 4.78 is 5.42. The number of carbonyl (C=O) groups excluding carboxylic acids is 1. The van der Waals surface area contributed by atoms with Crippen molar-refractivity contribution in [2.75, 3.05) is 38.2 Å². The molecule has 2 aliphatic heterocycles. The van der Waals surface area contributed by atoms with E-state index in [0.717, 1.165) is 80.6 Å². The Labute approximate surface area is 207 Å². The highest BCUT2D eigenvalue weighted by Gasteiger charge is 2.32. The number of piperidine rings is 2. The Kier molecular flexibility index (Phi) is 6.85. The Morgan fingerprint density at radius 1 is 1.06 bits per heavy atom. The molecule has 0 atom stereocenters. The monoisotopic (exact) mass is 468 g/mol. The normalized spacial score (nSPS) is 17.4. The third kappa shape index (κ3) is 4.95. The minimum atomic E-state index is 0.0603. The fourth-order valence-corrected chi connectivity index (χ4v) is 5.62. The average Bonchev–Trinajstić information content (AvgIpc) is 2.92. The molecular formula is C29H32N4O2. The van der Waals surface area contributed by atoms with Crippen LogP contribution in [-0.4, -0.2) is 49.1 Å². The predicted octanol–water partition coefficient (Wildman–Crippen LogP) is 4.81. The Bertz CT molecular complexity index is 1220. The standard InChI is InChI=1S/C29H32N4O2/c1-35-25-7-8-27-26(18-25)28(24(19-30)20-31-27)32-15-11-23(12-16-32)29(34)33-13-9-22(10-14-33)17-21-5-3-2-4-6-21/h2-8,18,20,22-23H,9-17H2,1H3. The van der Waals surface area contributed by atoms with Crippen LogP contribution >= 0.6 is 0 Å². The average molecular weight is 469 g/mol. The summed E-state index contributed by atoms with van der Waals surface area (Å²) in [5, 5.41) is 10.7. The minimum absolute atomic E-state index is 0.0603. The van der Waals surface area contributed by atoms with Gasteiger partial charge in [-0.15, -0.1) is 0 Å². The van der Waals surface area contributed by atoms with E-state index in [0.29, 0.717) is 17.4 Å². The lowest BCUT2D eigenvalue weighted by atomic mass is 9.88. The van der Waals surface area contributed by atoms with Crippen LogP contribution in [0.1, 0.15) is 36.8 Å². The number of amides is 1. The van der Waals surface area contributed by atoms with E-state index < -0.39 is 0 Å². The molecule has 0 saturated carbocycles. The number of pyridine rings is 1. The summed E-state index contributed by atoms with van der Waals surface area (Å²) >= 11 is 0. The van der Waals surface area contributed by atoms with Crippen LogP contribution in [0.3, 0.4) is 0 Å². The molecular weight excluding hydrogens is 436 g/mol. The van der Waals surface area contributed by atoms with Crippen molar-refractivity contribution in [1.82, 2.24) is 9.88 Å². The molecule has 0 bridgehead atoms. The third-order valence-corrected chi connectivity index (χ3v) is 7.62. The first-order chi connectivity index (χ1) is 17.2. The molecule has 0 aliphatic carbocycles. The summed E-state index contributed by atoms with van der Waals surface area (Å²) in [5.74, 6) is 1.77. The largest absolute Gasteiger partial charge is 0.497 e. The van der Waals surface area contributed by atoms with E-state index in [1.165, 1.54) is 5.56 Å². The van der Waals surface area contributed by atoms with Gasteiger partial charge in [0.05, 0.1) is 23.9 Å². The van der Waals surface area contributed by atoms with Gasteiger partial charge in [0.2, 0.25) is 5.91 Å². The van der Waals surface area contributed by atoms with E-state index in [9.17, 15) is 10.1 Å². The number of benzene rings is 2. The van der Waals surface area contributed by atoms with Gasteiger partial charge in [-0.3, -0.25) is 9.78 Å². The molecule has 3 aromatic rings. The van der Waals surface area contributed by atoms with Gasteiger partial charge in [0.1, 0.15) is 11.8 Å². The van der Waals surface area contributed by atoms with Gasteiger partial charge in [0.25, 0.3) is 0 Å². The number of anilines is 1. The van der Waals surface area contributed by atoms with Crippen molar-refractivity contribution in [3.8, 4) is 11.8 Å². The lowest BCUT2D eigenvalue weighted by Gasteiger charge is -2.38. The molecule has 0 radical (unpaired) electrons. The van der Waals surface area contributed by atoms with Gasteiger partial charge < -0.3 is 14.5 Å². The lowest BCUT2D eigenvalue weighted by Crippen LogP contribution is -2.45. The molecule has 0 spiro atoms. The topological polar surface area (TPSA) is 69.5 Å². The Morgan fingerprint density at radius 3 is 2.49 bits per heavy atom. The summed E-state index contributed by atoms with van der Waals surface area (Å²) in [7, 11) is 1.64. The molecule has 0 unspecified atom stereocenters.